The van der Waals surface area contributed by atoms with Gasteiger partial charge in [-0.1, -0.05) is 78.6 Å². The minimum atomic E-state index is 0.654. The maximum Gasteiger partial charge on any atom is 0.137 e. The average Bonchev–Trinajstić information content (AvgIpc) is 3.55. The standard InChI is InChI=1S/C39H25NO2/c1-2-13-26-25(11-1)12-7-17-28-27(26)16-8-18-31(28)40(32-19-9-23-36-38(32)29-14-3-5-21-34(29)41-36)33-20-10-24-37-39(33)30-15-4-6-22-35(30)42-37/h1-3,5-6,8-11,13-14,16,18-24H,4,15,17H2. The van der Waals surface area contributed by atoms with Crippen molar-refractivity contribution in [2.75, 3.05) is 4.90 Å². The second-order valence-corrected chi connectivity index (χ2v) is 10.9. The topological polar surface area (TPSA) is 29.5 Å². The van der Waals surface area contributed by atoms with Crippen LogP contribution in [0.3, 0.4) is 0 Å². The van der Waals surface area contributed by atoms with Gasteiger partial charge in [0.05, 0.1) is 22.4 Å². The van der Waals surface area contributed by atoms with Gasteiger partial charge in [-0.3, -0.25) is 0 Å². The number of hydrogen-bond donors (Lipinski definition) is 0. The SMILES string of the molecule is C1#Cc2ccccc2-c2cccc(N(c3cccc4oc5c(c34)CCC=C5)c3cccc4oc5ccccc5c34)c2C1. The largest absolute Gasteiger partial charge is 0.456 e. The molecule has 0 N–H and O–H groups in total. The highest BCUT2D eigenvalue weighted by Gasteiger charge is 2.27. The first-order valence-electron chi connectivity index (χ1n) is 14.5. The van der Waals surface area contributed by atoms with E-state index in [1.807, 2.05) is 12.1 Å². The molecule has 0 amide bonds. The number of nitrogens with zero attached hydrogens (tertiary/aromatic N) is 1. The zero-order valence-corrected chi connectivity index (χ0v) is 22.9. The summed E-state index contributed by atoms with van der Waals surface area (Å²) in [7, 11) is 0. The molecular formula is C39H25NO2. The Morgan fingerprint density at radius 2 is 1.31 bits per heavy atom. The molecule has 3 nitrogen and oxygen atoms in total. The number of para-hydroxylation sites is 1. The average molecular weight is 540 g/mol. The molecule has 42 heavy (non-hydrogen) atoms. The normalized spacial score (nSPS) is 13.3. The van der Waals surface area contributed by atoms with Crippen LogP contribution in [0.5, 0.6) is 0 Å². The van der Waals surface area contributed by atoms with Crippen molar-refractivity contribution in [2.24, 2.45) is 0 Å². The van der Waals surface area contributed by atoms with Crippen molar-refractivity contribution in [1.29, 1.82) is 0 Å². The van der Waals surface area contributed by atoms with E-state index in [9.17, 15) is 0 Å². The molecule has 2 aliphatic carbocycles. The molecule has 0 aliphatic heterocycles. The Bertz CT molecular complexity index is 2300. The lowest BCUT2D eigenvalue weighted by Gasteiger charge is -2.30. The summed E-state index contributed by atoms with van der Waals surface area (Å²) in [6.07, 6.45) is 6.94. The quantitative estimate of drug-likeness (QED) is 0.209. The first kappa shape index (κ1) is 23.3. The van der Waals surface area contributed by atoms with Gasteiger partial charge in [0.15, 0.2) is 0 Å². The van der Waals surface area contributed by atoms with Crippen LogP contribution in [-0.2, 0) is 12.8 Å². The van der Waals surface area contributed by atoms with Crippen LogP contribution in [0.2, 0.25) is 0 Å². The highest BCUT2D eigenvalue weighted by Crippen LogP contribution is 2.49. The third kappa shape index (κ3) is 3.36. The van der Waals surface area contributed by atoms with Crippen molar-refractivity contribution in [3.05, 3.63) is 132 Å². The molecule has 2 heterocycles. The van der Waals surface area contributed by atoms with Crippen molar-refractivity contribution in [3.8, 4) is 23.0 Å². The Balaban J connectivity index is 1.41. The first-order valence-corrected chi connectivity index (χ1v) is 14.5. The molecule has 9 rings (SSSR count). The zero-order valence-electron chi connectivity index (χ0n) is 22.9. The van der Waals surface area contributed by atoms with E-state index in [0.717, 1.165) is 68.7 Å². The van der Waals surface area contributed by atoms with Gasteiger partial charge in [0.1, 0.15) is 22.5 Å². The number of anilines is 3. The molecule has 0 bridgehead atoms. The molecule has 0 spiro atoms. The Kier molecular flexibility index (Phi) is 5.00. The summed E-state index contributed by atoms with van der Waals surface area (Å²) in [6, 6.07) is 36.2. The maximum atomic E-state index is 6.42. The van der Waals surface area contributed by atoms with E-state index >= 15 is 0 Å². The minimum Gasteiger partial charge on any atom is -0.456 e. The molecule has 0 saturated heterocycles. The van der Waals surface area contributed by atoms with E-state index in [-0.39, 0.29) is 0 Å². The molecule has 198 valence electrons. The van der Waals surface area contributed by atoms with Gasteiger partial charge in [0.2, 0.25) is 0 Å². The molecule has 0 fully saturated rings. The maximum absolute atomic E-state index is 6.42. The van der Waals surface area contributed by atoms with Gasteiger partial charge in [-0.15, -0.1) is 0 Å². The molecule has 2 aliphatic rings. The number of furan rings is 2. The molecule has 5 aromatic carbocycles. The van der Waals surface area contributed by atoms with Crippen LogP contribution in [0, 0.1) is 11.8 Å². The number of fused-ring (bicyclic) bond motifs is 9. The number of allylic oxidation sites excluding steroid dienone is 1. The van der Waals surface area contributed by atoms with Gasteiger partial charge in [-0.05, 0) is 78.1 Å². The van der Waals surface area contributed by atoms with E-state index in [0.29, 0.717) is 6.42 Å². The third-order valence-electron chi connectivity index (χ3n) is 8.61. The molecule has 0 unspecified atom stereocenters. The van der Waals surface area contributed by atoms with Crippen LogP contribution in [-0.4, -0.2) is 0 Å². The Hall–Kier alpha value is -5.46. The van der Waals surface area contributed by atoms with Crippen molar-refractivity contribution in [3.63, 3.8) is 0 Å². The predicted octanol–water partition coefficient (Wildman–Crippen LogP) is 10.3. The summed E-state index contributed by atoms with van der Waals surface area (Å²) in [5.41, 5.74) is 11.9. The summed E-state index contributed by atoms with van der Waals surface area (Å²) < 4.78 is 12.8. The van der Waals surface area contributed by atoms with E-state index in [1.54, 1.807) is 0 Å². The zero-order chi connectivity index (χ0) is 27.6. The van der Waals surface area contributed by atoms with Crippen molar-refractivity contribution in [1.82, 2.24) is 0 Å². The van der Waals surface area contributed by atoms with Crippen molar-refractivity contribution >= 4 is 56.0 Å². The van der Waals surface area contributed by atoms with Crippen LogP contribution < -0.4 is 4.90 Å². The summed E-state index contributed by atoms with van der Waals surface area (Å²) >= 11 is 0. The molecule has 0 saturated carbocycles. The molecule has 0 radical (unpaired) electrons. The van der Waals surface area contributed by atoms with Crippen LogP contribution >= 0.6 is 0 Å². The van der Waals surface area contributed by atoms with Crippen molar-refractivity contribution in [2.45, 2.75) is 19.3 Å². The van der Waals surface area contributed by atoms with Crippen LogP contribution in [0.4, 0.5) is 17.1 Å². The van der Waals surface area contributed by atoms with E-state index in [1.165, 1.54) is 27.6 Å². The molecular weight excluding hydrogens is 514 g/mol. The van der Waals surface area contributed by atoms with Gasteiger partial charge in [0.25, 0.3) is 0 Å². The van der Waals surface area contributed by atoms with Crippen molar-refractivity contribution < 1.29 is 8.83 Å². The van der Waals surface area contributed by atoms with Gasteiger partial charge >= 0.3 is 0 Å². The van der Waals surface area contributed by atoms with Crippen LogP contribution in [0.1, 0.15) is 28.9 Å². The lowest BCUT2D eigenvalue weighted by atomic mass is 9.93. The highest BCUT2D eigenvalue weighted by atomic mass is 16.3. The monoisotopic (exact) mass is 539 g/mol. The van der Waals surface area contributed by atoms with Gasteiger partial charge in [-0.25, -0.2) is 0 Å². The third-order valence-corrected chi connectivity index (χ3v) is 8.61. The number of rotatable bonds is 3. The van der Waals surface area contributed by atoms with E-state index < -0.39 is 0 Å². The summed E-state index contributed by atoms with van der Waals surface area (Å²) in [4.78, 5) is 2.43. The van der Waals surface area contributed by atoms with Gasteiger partial charge in [-0.2, -0.15) is 0 Å². The molecule has 7 aromatic rings. The predicted molar refractivity (Wildman–Crippen MR) is 172 cm³/mol. The Morgan fingerprint density at radius 3 is 2.24 bits per heavy atom. The lowest BCUT2D eigenvalue weighted by Crippen LogP contribution is -2.14. The van der Waals surface area contributed by atoms with Gasteiger partial charge in [0, 0.05) is 28.3 Å². The van der Waals surface area contributed by atoms with Gasteiger partial charge < -0.3 is 13.7 Å². The Morgan fingerprint density at radius 1 is 0.595 bits per heavy atom. The smallest absolute Gasteiger partial charge is 0.137 e. The molecule has 3 heteroatoms. The number of hydrogen-bond acceptors (Lipinski definition) is 3. The second-order valence-electron chi connectivity index (χ2n) is 10.9. The van der Waals surface area contributed by atoms with E-state index in [2.05, 4.69) is 120 Å². The first-order chi connectivity index (χ1) is 20.8. The fourth-order valence-corrected chi connectivity index (χ4v) is 6.81. The fraction of sp³-hybridized carbons (Fsp3) is 0.0769. The summed E-state index contributed by atoms with van der Waals surface area (Å²) in [5.74, 6) is 7.87. The summed E-state index contributed by atoms with van der Waals surface area (Å²) in [5, 5.41) is 3.36. The summed E-state index contributed by atoms with van der Waals surface area (Å²) in [6.45, 7) is 0. The Labute approximate surface area is 243 Å². The van der Waals surface area contributed by atoms with E-state index in [4.69, 9.17) is 8.83 Å². The minimum absolute atomic E-state index is 0.654. The number of benzene rings is 5. The van der Waals surface area contributed by atoms with Crippen LogP contribution in [0.15, 0.2) is 118 Å². The number of aryl methyl sites for hydroxylation is 1. The molecule has 0 atom stereocenters. The molecule has 2 aromatic heterocycles. The second kappa shape index (κ2) is 9.03. The highest BCUT2D eigenvalue weighted by molar-refractivity contribution is 6.15. The van der Waals surface area contributed by atoms with Crippen LogP contribution in [0.25, 0.3) is 50.1 Å². The fourth-order valence-electron chi connectivity index (χ4n) is 6.81. The lowest BCUT2D eigenvalue weighted by molar-refractivity contribution is 0.595.